The molecule has 0 amide bonds. The molecule has 0 aliphatic carbocycles. The van der Waals surface area contributed by atoms with Crippen LogP contribution in [-0.4, -0.2) is 30.1 Å². The van der Waals surface area contributed by atoms with Crippen LogP contribution in [0, 0.1) is 6.92 Å². The zero-order valence-electron chi connectivity index (χ0n) is 11.8. The first-order valence-electron chi connectivity index (χ1n) is 7.15. The smallest absolute Gasteiger partial charge is 0.0343 e. The molecule has 0 saturated carbocycles. The van der Waals surface area contributed by atoms with Crippen LogP contribution in [0.15, 0.2) is 24.3 Å². The monoisotopic (exact) mass is 246 g/mol. The molecule has 2 heteroatoms. The molecule has 1 unspecified atom stereocenters. The van der Waals surface area contributed by atoms with Gasteiger partial charge >= 0.3 is 0 Å². The van der Waals surface area contributed by atoms with Crippen LogP contribution in [0.25, 0.3) is 0 Å². The van der Waals surface area contributed by atoms with Gasteiger partial charge in [0.05, 0.1) is 0 Å². The highest BCUT2D eigenvalue weighted by Crippen LogP contribution is 2.24. The summed E-state index contributed by atoms with van der Waals surface area (Å²) in [6.07, 6.45) is 5.08. The molecule has 1 aliphatic rings. The average molecular weight is 246 g/mol. The van der Waals surface area contributed by atoms with Crippen molar-refractivity contribution in [2.75, 3.05) is 19.6 Å². The van der Waals surface area contributed by atoms with Gasteiger partial charge in [0.15, 0.2) is 0 Å². The summed E-state index contributed by atoms with van der Waals surface area (Å²) in [6, 6.07) is 8.82. The number of likely N-dealkylation sites (tertiary alicyclic amines) is 1. The number of benzene rings is 1. The molecule has 0 aromatic heterocycles. The largest absolute Gasteiger partial charge is 0.329 e. The summed E-state index contributed by atoms with van der Waals surface area (Å²) in [6.45, 7) is 7.63. The maximum atomic E-state index is 6.08. The van der Waals surface area contributed by atoms with Crippen LogP contribution in [0.5, 0.6) is 0 Å². The number of nitrogens with zero attached hydrogens (tertiary/aromatic N) is 1. The average Bonchev–Trinajstić information content (AvgIpc) is 2.39. The number of hydrogen-bond acceptors (Lipinski definition) is 2. The zero-order chi connectivity index (χ0) is 13.0. The van der Waals surface area contributed by atoms with Crippen LogP contribution in [0.3, 0.4) is 0 Å². The van der Waals surface area contributed by atoms with Crippen molar-refractivity contribution in [3.05, 3.63) is 35.4 Å². The maximum absolute atomic E-state index is 6.08. The standard InChI is InChI=1S/C16H26N2/c1-14-7-6-8-15(11-14)12-16(2,13-17)18-9-4-3-5-10-18/h6-8,11H,3-5,9-10,12-13,17H2,1-2H3. The summed E-state index contributed by atoms with van der Waals surface area (Å²) in [7, 11) is 0. The van der Waals surface area contributed by atoms with Gasteiger partial charge in [-0.1, -0.05) is 36.2 Å². The van der Waals surface area contributed by atoms with Gasteiger partial charge in [-0.05, 0) is 51.8 Å². The molecule has 0 bridgehead atoms. The molecule has 2 N–H and O–H groups in total. The number of nitrogens with two attached hydrogens (primary N) is 1. The van der Waals surface area contributed by atoms with Crippen LogP contribution in [0.1, 0.15) is 37.3 Å². The molecular weight excluding hydrogens is 220 g/mol. The van der Waals surface area contributed by atoms with E-state index in [-0.39, 0.29) is 5.54 Å². The Morgan fingerprint density at radius 1 is 1.22 bits per heavy atom. The lowest BCUT2D eigenvalue weighted by molar-refractivity contribution is 0.0870. The van der Waals surface area contributed by atoms with Gasteiger partial charge in [0.25, 0.3) is 0 Å². The summed E-state index contributed by atoms with van der Waals surface area (Å²) >= 11 is 0. The quantitative estimate of drug-likeness (QED) is 0.885. The summed E-state index contributed by atoms with van der Waals surface area (Å²) in [5.41, 5.74) is 8.95. The Balaban J connectivity index is 2.11. The van der Waals surface area contributed by atoms with Crippen LogP contribution < -0.4 is 5.73 Å². The molecule has 2 nitrogen and oxygen atoms in total. The first-order valence-corrected chi connectivity index (χ1v) is 7.15. The second-order valence-corrected chi connectivity index (χ2v) is 5.91. The first-order chi connectivity index (χ1) is 8.64. The lowest BCUT2D eigenvalue weighted by atomic mass is 9.88. The van der Waals surface area contributed by atoms with Crippen LogP contribution in [0.2, 0.25) is 0 Å². The summed E-state index contributed by atoms with van der Waals surface area (Å²) in [4.78, 5) is 2.60. The molecule has 1 saturated heterocycles. The van der Waals surface area contributed by atoms with Crippen LogP contribution in [0.4, 0.5) is 0 Å². The van der Waals surface area contributed by atoms with Crippen molar-refractivity contribution in [1.29, 1.82) is 0 Å². The fraction of sp³-hybridized carbons (Fsp3) is 0.625. The highest BCUT2D eigenvalue weighted by molar-refractivity contribution is 5.24. The van der Waals surface area contributed by atoms with Crippen molar-refractivity contribution in [2.24, 2.45) is 5.73 Å². The molecule has 1 heterocycles. The van der Waals surface area contributed by atoms with E-state index >= 15 is 0 Å². The molecule has 1 aliphatic heterocycles. The van der Waals surface area contributed by atoms with Gasteiger partial charge in [-0.25, -0.2) is 0 Å². The van der Waals surface area contributed by atoms with Crippen LogP contribution in [-0.2, 0) is 6.42 Å². The Morgan fingerprint density at radius 2 is 1.94 bits per heavy atom. The van der Waals surface area contributed by atoms with Gasteiger partial charge in [-0.3, -0.25) is 4.90 Å². The van der Waals surface area contributed by atoms with E-state index in [1.807, 2.05) is 0 Å². The number of hydrogen-bond donors (Lipinski definition) is 1. The van der Waals surface area contributed by atoms with Gasteiger partial charge in [0, 0.05) is 12.1 Å². The van der Waals surface area contributed by atoms with Gasteiger partial charge in [-0.2, -0.15) is 0 Å². The van der Waals surface area contributed by atoms with Crippen molar-refractivity contribution in [3.8, 4) is 0 Å². The minimum Gasteiger partial charge on any atom is -0.329 e. The van der Waals surface area contributed by atoms with E-state index in [4.69, 9.17) is 5.73 Å². The van der Waals surface area contributed by atoms with Crippen molar-refractivity contribution in [2.45, 2.75) is 45.1 Å². The zero-order valence-corrected chi connectivity index (χ0v) is 11.8. The van der Waals surface area contributed by atoms with Gasteiger partial charge in [-0.15, -0.1) is 0 Å². The van der Waals surface area contributed by atoms with E-state index in [0.717, 1.165) is 13.0 Å². The molecule has 1 atom stereocenters. The third kappa shape index (κ3) is 3.12. The van der Waals surface area contributed by atoms with Crippen molar-refractivity contribution in [1.82, 2.24) is 4.90 Å². The minimum absolute atomic E-state index is 0.119. The Kier molecular flexibility index (Phi) is 4.41. The molecule has 0 radical (unpaired) electrons. The normalized spacial score (nSPS) is 20.6. The van der Waals surface area contributed by atoms with E-state index < -0.39 is 0 Å². The highest BCUT2D eigenvalue weighted by atomic mass is 15.2. The minimum atomic E-state index is 0.119. The fourth-order valence-corrected chi connectivity index (χ4v) is 3.01. The Morgan fingerprint density at radius 3 is 2.56 bits per heavy atom. The van der Waals surface area contributed by atoms with E-state index in [9.17, 15) is 0 Å². The molecule has 18 heavy (non-hydrogen) atoms. The summed E-state index contributed by atoms with van der Waals surface area (Å²) in [5, 5.41) is 0. The molecule has 1 aromatic carbocycles. The van der Waals surface area contributed by atoms with E-state index in [0.29, 0.717) is 0 Å². The predicted octanol–water partition coefficient (Wildman–Crippen LogP) is 2.74. The Hall–Kier alpha value is -0.860. The van der Waals surface area contributed by atoms with Crippen LogP contribution >= 0.6 is 0 Å². The van der Waals surface area contributed by atoms with Gasteiger partial charge < -0.3 is 5.73 Å². The molecule has 0 spiro atoms. The second kappa shape index (κ2) is 5.85. The molecule has 100 valence electrons. The third-order valence-electron chi connectivity index (χ3n) is 4.23. The third-order valence-corrected chi connectivity index (χ3v) is 4.23. The van der Waals surface area contributed by atoms with Gasteiger partial charge in [0.1, 0.15) is 0 Å². The first kappa shape index (κ1) is 13.6. The highest BCUT2D eigenvalue weighted by Gasteiger charge is 2.31. The summed E-state index contributed by atoms with van der Waals surface area (Å²) < 4.78 is 0. The Labute approximate surface area is 111 Å². The summed E-state index contributed by atoms with van der Waals surface area (Å²) in [5.74, 6) is 0. The second-order valence-electron chi connectivity index (χ2n) is 5.91. The van der Waals surface area contributed by atoms with Crippen molar-refractivity contribution in [3.63, 3.8) is 0 Å². The topological polar surface area (TPSA) is 29.3 Å². The molecule has 1 aromatic rings. The lowest BCUT2D eigenvalue weighted by Crippen LogP contribution is -2.54. The number of piperidine rings is 1. The number of rotatable bonds is 4. The van der Waals surface area contributed by atoms with Crippen molar-refractivity contribution >= 4 is 0 Å². The molecule has 2 rings (SSSR count). The Bertz CT molecular complexity index is 382. The predicted molar refractivity (Wildman–Crippen MR) is 77.8 cm³/mol. The molecule has 1 fully saturated rings. The van der Waals surface area contributed by atoms with E-state index in [1.165, 1.54) is 43.5 Å². The SMILES string of the molecule is Cc1cccc(CC(C)(CN)N2CCCCC2)c1. The maximum Gasteiger partial charge on any atom is 0.0343 e. The number of aryl methyl sites for hydroxylation is 1. The van der Waals surface area contributed by atoms with Crippen molar-refractivity contribution < 1.29 is 0 Å². The lowest BCUT2D eigenvalue weighted by Gasteiger charge is -2.43. The van der Waals surface area contributed by atoms with E-state index in [1.54, 1.807) is 0 Å². The van der Waals surface area contributed by atoms with Gasteiger partial charge in [0.2, 0.25) is 0 Å². The molecular formula is C16H26N2. The fourth-order valence-electron chi connectivity index (χ4n) is 3.01. The van der Waals surface area contributed by atoms with E-state index in [2.05, 4.69) is 43.0 Å².